The molecule has 0 unspecified atom stereocenters. The largest absolute Gasteiger partial charge is 0.416 e. The molecule has 0 saturated heterocycles. The Bertz CT molecular complexity index is 789. The topological polar surface area (TPSA) is 110 Å². The highest BCUT2D eigenvalue weighted by Gasteiger charge is 2.32. The number of nitro benzene ring substituents is 1. The summed E-state index contributed by atoms with van der Waals surface area (Å²) in [6, 6.07) is 3.61. The zero-order valence-corrected chi connectivity index (χ0v) is 12.9. The molecule has 1 aromatic carbocycles. The molecule has 2 aromatic rings. The maximum absolute atomic E-state index is 12.6. The molecule has 1 heterocycles. The second-order valence-corrected chi connectivity index (χ2v) is 4.99. The Hall–Kier alpha value is -3.11. The molecule has 0 aliphatic rings. The van der Waals surface area contributed by atoms with Crippen LogP contribution in [0.3, 0.4) is 0 Å². The minimum atomic E-state index is -4.67. The second kappa shape index (κ2) is 7.20. The number of rotatable bonds is 6. The van der Waals surface area contributed by atoms with E-state index in [2.05, 4.69) is 15.8 Å². The molecule has 8 nitrogen and oxygen atoms in total. The fourth-order valence-electron chi connectivity index (χ4n) is 1.95. The zero-order chi connectivity index (χ0) is 18.6. The summed E-state index contributed by atoms with van der Waals surface area (Å²) in [6.07, 6.45) is -4.67. The lowest BCUT2D eigenvalue weighted by Gasteiger charge is -2.10. The van der Waals surface area contributed by atoms with Crippen molar-refractivity contribution in [2.75, 3.05) is 18.4 Å². The molecule has 11 heteroatoms. The Morgan fingerprint density at radius 3 is 2.60 bits per heavy atom. The van der Waals surface area contributed by atoms with Gasteiger partial charge in [0.2, 0.25) is 0 Å². The van der Waals surface area contributed by atoms with Crippen molar-refractivity contribution in [3.05, 3.63) is 51.4 Å². The number of nitrogens with one attached hydrogen (secondary N) is 2. The molecular formula is C14H13F3N4O4. The highest BCUT2D eigenvalue weighted by Crippen LogP contribution is 2.34. The maximum atomic E-state index is 12.6. The van der Waals surface area contributed by atoms with Crippen LogP contribution < -0.4 is 10.6 Å². The van der Waals surface area contributed by atoms with E-state index in [0.717, 1.165) is 12.1 Å². The highest BCUT2D eigenvalue weighted by atomic mass is 19.4. The lowest BCUT2D eigenvalue weighted by atomic mass is 10.1. The Labute approximate surface area is 139 Å². The highest BCUT2D eigenvalue weighted by molar-refractivity contribution is 5.92. The molecule has 0 radical (unpaired) electrons. The van der Waals surface area contributed by atoms with E-state index in [9.17, 15) is 28.1 Å². The molecule has 0 aliphatic carbocycles. The standard InChI is InChI=1S/C14H13F3N4O4/c1-8-6-11(20-25-8)13(22)19-5-4-18-10-3-2-9(14(15,16)17)7-12(10)21(23)24/h2-3,6-7,18H,4-5H2,1H3,(H,19,22). The van der Waals surface area contributed by atoms with Crippen molar-refractivity contribution >= 4 is 17.3 Å². The first-order valence-corrected chi connectivity index (χ1v) is 6.99. The van der Waals surface area contributed by atoms with E-state index in [-0.39, 0.29) is 24.5 Å². The lowest BCUT2D eigenvalue weighted by molar-refractivity contribution is -0.384. The van der Waals surface area contributed by atoms with E-state index in [1.54, 1.807) is 6.92 Å². The molecule has 0 spiro atoms. The van der Waals surface area contributed by atoms with Crippen LogP contribution in [0.2, 0.25) is 0 Å². The minimum Gasteiger partial charge on any atom is -0.378 e. The molecule has 0 saturated carbocycles. The van der Waals surface area contributed by atoms with Crippen molar-refractivity contribution in [3.8, 4) is 0 Å². The third-order valence-corrected chi connectivity index (χ3v) is 3.11. The van der Waals surface area contributed by atoms with Crippen LogP contribution in [0, 0.1) is 17.0 Å². The Morgan fingerprint density at radius 1 is 1.32 bits per heavy atom. The SMILES string of the molecule is Cc1cc(C(=O)NCCNc2ccc(C(F)(F)F)cc2[N+](=O)[O-])no1. The second-order valence-electron chi connectivity index (χ2n) is 4.99. The van der Waals surface area contributed by atoms with E-state index in [0.29, 0.717) is 11.8 Å². The summed E-state index contributed by atoms with van der Waals surface area (Å²) < 4.78 is 42.6. The summed E-state index contributed by atoms with van der Waals surface area (Å²) in [5, 5.41) is 19.6. The summed E-state index contributed by atoms with van der Waals surface area (Å²) >= 11 is 0. The van der Waals surface area contributed by atoms with Crippen LogP contribution in [0.4, 0.5) is 24.5 Å². The Kier molecular flexibility index (Phi) is 5.25. The van der Waals surface area contributed by atoms with E-state index >= 15 is 0 Å². The average molecular weight is 358 g/mol. The van der Waals surface area contributed by atoms with Gasteiger partial charge in [-0.1, -0.05) is 5.16 Å². The maximum Gasteiger partial charge on any atom is 0.416 e. The van der Waals surface area contributed by atoms with Gasteiger partial charge in [-0.3, -0.25) is 14.9 Å². The molecule has 2 N–H and O–H groups in total. The van der Waals surface area contributed by atoms with Crippen LogP contribution in [0.5, 0.6) is 0 Å². The van der Waals surface area contributed by atoms with Crippen molar-refractivity contribution in [1.82, 2.24) is 10.5 Å². The number of anilines is 1. The van der Waals surface area contributed by atoms with Gasteiger partial charge in [-0.2, -0.15) is 13.2 Å². The van der Waals surface area contributed by atoms with Crippen LogP contribution in [-0.4, -0.2) is 29.1 Å². The molecule has 1 amide bonds. The van der Waals surface area contributed by atoms with E-state index in [4.69, 9.17) is 4.52 Å². The third-order valence-electron chi connectivity index (χ3n) is 3.11. The van der Waals surface area contributed by atoms with Gasteiger partial charge in [0.15, 0.2) is 5.69 Å². The summed E-state index contributed by atoms with van der Waals surface area (Å²) in [5.74, 6) is -0.0378. The molecule has 2 rings (SSSR count). The van der Waals surface area contributed by atoms with Gasteiger partial charge in [0.25, 0.3) is 11.6 Å². The van der Waals surface area contributed by atoms with E-state index in [1.165, 1.54) is 6.07 Å². The molecular weight excluding hydrogens is 345 g/mol. The predicted octanol–water partition coefficient (Wildman–Crippen LogP) is 2.75. The predicted molar refractivity (Wildman–Crippen MR) is 80.2 cm³/mol. The molecule has 0 aliphatic heterocycles. The zero-order valence-electron chi connectivity index (χ0n) is 12.9. The average Bonchev–Trinajstić information content (AvgIpc) is 2.97. The summed E-state index contributed by atoms with van der Waals surface area (Å²) in [6.45, 7) is 1.76. The molecule has 0 atom stereocenters. The van der Waals surface area contributed by atoms with Gasteiger partial charge >= 0.3 is 6.18 Å². The van der Waals surface area contributed by atoms with Gasteiger partial charge in [0.1, 0.15) is 11.4 Å². The molecule has 25 heavy (non-hydrogen) atoms. The van der Waals surface area contributed by atoms with Crippen molar-refractivity contribution < 1.29 is 27.4 Å². The summed E-state index contributed by atoms with van der Waals surface area (Å²) in [7, 11) is 0. The molecule has 1 aromatic heterocycles. The van der Waals surface area contributed by atoms with Gasteiger partial charge < -0.3 is 15.2 Å². The van der Waals surface area contributed by atoms with Gasteiger partial charge in [0, 0.05) is 25.2 Å². The molecule has 0 fully saturated rings. The van der Waals surface area contributed by atoms with Crippen LogP contribution in [0.1, 0.15) is 21.8 Å². The van der Waals surface area contributed by atoms with Gasteiger partial charge in [0.05, 0.1) is 10.5 Å². The van der Waals surface area contributed by atoms with E-state index < -0.39 is 28.3 Å². The first-order chi connectivity index (χ1) is 11.7. The van der Waals surface area contributed by atoms with Crippen LogP contribution in [0.15, 0.2) is 28.8 Å². The minimum absolute atomic E-state index is 0.0643. The van der Waals surface area contributed by atoms with Crippen molar-refractivity contribution in [1.29, 1.82) is 0 Å². The molecule has 134 valence electrons. The normalized spacial score (nSPS) is 11.2. The number of aromatic nitrogens is 1. The van der Waals surface area contributed by atoms with Crippen molar-refractivity contribution in [2.45, 2.75) is 13.1 Å². The van der Waals surface area contributed by atoms with Gasteiger partial charge in [-0.05, 0) is 19.1 Å². The van der Waals surface area contributed by atoms with Crippen LogP contribution in [-0.2, 0) is 6.18 Å². The van der Waals surface area contributed by atoms with Gasteiger partial charge in [-0.25, -0.2) is 0 Å². The number of halogens is 3. The fourth-order valence-corrected chi connectivity index (χ4v) is 1.95. The number of carbonyl (C=O) groups is 1. The number of hydrogen-bond donors (Lipinski definition) is 2. The lowest BCUT2D eigenvalue weighted by Crippen LogP contribution is -2.29. The first kappa shape index (κ1) is 18.2. The Balaban J connectivity index is 1.96. The quantitative estimate of drug-likeness (QED) is 0.467. The van der Waals surface area contributed by atoms with Gasteiger partial charge in [-0.15, -0.1) is 0 Å². The van der Waals surface area contributed by atoms with Crippen molar-refractivity contribution in [3.63, 3.8) is 0 Å². The smallest absolute Gasteiger partial charge is 0.378 e. The third kappa shape index (κ3) is 4.68. The van der Waals surface area contributed by atoms with Crippen molar-refractivity contribution in [2.24, 2.45) is 0 Å². The number of nitrogens with zero attached hydrogens (tertiary/aromatic N) is 2. The van der Waals surface area contributed by atoms with E-state index in [1.807, 2.05) is 0 Å². The number of alkyl halides is 3. The number of carbonyl (C=O) groups excluding carboxylic acids is 1. The summed E-state index contributed by atoms with van der Waals surface area (Å²) in [4.78, 5) is 21.7. The number of benzene rings is 1. The van der Waals surface area contributed by atoms with Crippen LogP contribution >= 0.6 is 0 Å². The number of aryl methyl sites for hydroxylation is 1. The molecule has 0 bridgehead atoms. The van der Waals surface area contributed by atoms with Crippen LogP contribution in [0.25, 0.3) is 0 Å². The fraction of sp³-hybridized carbons (Fsp3) is 0.286. The monoisotopic (exact) mass is 358 g/mol. The number of nitro groups is 1. The summed E-state index contributed by atoms with van der Waals surface area (Å²) in [5.41, 5.74) is -1.81. The number of amides is 1. The first-order valence-electron chi connectivity index (χ1n) is 6.99. The number of hydrogen-bond acceptors (Lipinski definition) is 6. The Morgan fingerprint density at radius 2 is 2.04 bits per heavy atom.